The van der Waals surface area contributed by atoms with E-state index in [9.17, 15) is 23.5 Å². The van der Waals surface area contributed by atoms with Gasteiger partial charge in [-0.15, -0.1) is 0 Å². The van der Waals surface area contributed by atoms with Gasteiger partial charge in [0.1, 0.15) is 11.6 Å². The number of nitrogens with one attached hydrogen (secondary N) is 1. The van der Waals surface area contributed by atoms with Crippen molar-refractivity contribution in [3.05, 3.63) is 41.0 Å². The number of carbonyl (C=O) groups excluding carboxylic acids is 1. The Morgan fingerprint density at radius 1 is 1.12 bits per heavy atom. The summed E-state index contributed by atoms with van der Waals surface area (Å²) in [5.41, 5.74) is 1.83. The number of fused-ring (bicyclic) bond motifs is 2. The van der Waals surface area contributed by atoms with Crippen molar-refractivity contribution in [3.8, 4) is 0 Å². The van der Waals surface area contributed by atoms with Crippen LogP contribution in [-0.2, 0) is 9.59 Å². The molecule has 128 valence electrons. The molecule has 2 N–H and O–H groups in total. The lowest BCUT2D eigenvalue weighted by atomic mass is 9.78. The van der Waals surface area contributed by atoms with Gasteiger partial charge < -0.3 is 10.4 Å². The second kappa shape index (κ2) is 6.00. The highest BCUT2D eigenvalue weighted by molar-refractivity contribution is 5.96. The number of carbonyl (C=O) groups is 2. The summed E-state index contributed by atoms with van der Waals surface area (Å²) in [6.07, 6.45) is 1.50. The van der Waals surface area contributed by atoms with Crippen LogP contribution in [0.15, 0.2) is 29.3 Å². The van der Waals surface area contributed by atoms with Crippen LogP contribution in [0.4, 0.5) is 14.5 Å². The molecule has 2 aliphatic rings. The van der Waals surface area contributed by atoms with E-state index in [0.29, 0.717) is 0 Å². The second-order valence-electron chi connectivity index (χ2n) is 6.75. The lowest BCUT2D eigenvalue weighted by Gasteiger charge is -2.26. The van der Waals surface area contributed by atoms with Crippen LogP contribution >= 0.6 is 0 Å². The molecule has 4 nitrogen and oxygen atoms in total. The molecule has 0 radical (unpaired) electrons. The Balaban J connectivity index is 1.92. The van der Waals surface area contributed by atoms with E-state index >= 15 is 0 Å². The van der Waals surface area contributed by atoms with E-state index in [1.165, 1.54) is 0 Å². The van der Waals surface area contributed by atoms with Crippen LogP contribution in [0.2, 0.25) is 0 Å². The van der Waals surface area contributed by atoms with Gasteiger partial charge in [0, 0.05) is 6.07 Å². The molecule has 1 aromatic carbocycles. The fourth-order valence-electron chi connectivity index (χ4n) is 4.41. The average Bonchev–Trinajstić information content (AvgIpc) is 3.06. The maximum atomic E-state index is 13.8. The molecular formula is C18H19F2NO3. The molecule has 6 heteroatoms. The van der Waals surface area contributed by atoms with Crippen molar-refractivity contribution in [3.63, 3.8) is 0 Å². The number of aliphatic carboxylic acids is 1. The molecule has 3 rings (SSSR count). The SMILES string of the molecule is CC(C)=C1[C@H]2CC[C@@H]1[C@H](C(=O)O)[C@@H]2C(=O)Nc1cc(F)ccc1F. The smallest absolute Gasteiger partial charge is 0.307 e. The Labute approximate surface area is 138 Å². The molecular weight excluding hydrogens is 316 g/mol. The van der Waals surface area contributed by atoms with Crippen molar-refractivity contribution >= 4 is 17.6 Å². The summed E-state index contributed by atoms with van der Waals surface area (Å²) in [5, 5.41) is 12.0. The molecule has 4 atom stereocenters. The number of amides is 1. The molecule has 0 aliphatic heterocycles. The molecule has 2 fully saturated rings. The Kier molecular flexibility index (Phi) is 4.15. The van der Waals surface area contributed by atoms with Crippen LogP contribution < -0.4 is 5.32 Å². The highest BCUT2D eigenvalue weighted by Gasteiger charge is 2.57. The molecule has 0 aromatic heterocycles. The second-order valence-corrected chi connectivity index (χ2v) is 6.75. The molecule has 2 saturated carbocycles. The summed E-state index contributed by atoms with van der Waals surface area (Å²) in [6.45, 7) is 3.85. The van der Waals surface area contributed by atoms with E-state index in [1.54, 1.807) is 0 Å². The van der Waals surface area contributed by atoms with Gasteiger partial charge >= 0.3 is 5.97 Å². The van der Waals surface area contributed by atoms with Crippen LogP contribution in [0.1, 0.15) is 26.7 Å². The molecule has 24 heavy (non-hydrogen) atoms. The number of rotatable bonds is 3. The number of hydrogen-bond donors (Lipinski definition) is 2. The predicted octanol–water partition coefficient (Wildman–Crippen LogP) is 3.60. The molecule has 2 aliphatic carbocycles. The van der Waals surface area contributed by atoms with Gasteiger partial charge in [-0.1, -0.05) is 11.1 Å². The maximum absolute atomic E-state index is 13.8. The first-order chi connectivity index (χ1) is 11.3. The minimum atomic E-state index is -1.01. The third-order valence-corrected chi connectivity index (χ3v) is 5.19. The zero-order valence-electron chi connectivity index (χ0n) is 13.5. The van der Waals surface area contributed by atoms with Crippen LogP contribution in [0, 0.1) is 35.3 Å². The number of carboxylic acids is 1. The molecule has 2 bridgehead atoms. The van der Waals surface area contributed by atoms with E-state index in [2.05, 4.69) is 5.32 Å². The number of allylic oxidation sites excluding steroid dienone is 2. The summed E-state index contributed by atoms with van der Waals surface area (Å²) < 4.78 is 27.0. The van der Waals surface area contributed by atoms with Crippen molar-refractivity contribution in [2.75, 3.05) is 5.32 Å². The van der Waals surface area contributed by atoms with Crippen molar-refractivity contribution in [2.45, 2.75) is 26.7 Å². The molecule has 0 unspecified atom stereocenters. The topological polar surface area (TPSA) is 66.4 Å². The first-order valence-electron chi connectivity index (χ1n) is 7.97. The summed E-state index contributed by atoms with van der Waals surface area (Å²) in [7, 11) is 0. The zero-order valence-corrected chi connectivity index (χ0v) is 13.5. The first-order valence-corrected chi connectivity index (χ1v) is 7.97. The van der Waals surface area contributed by atoms with Gasteiger partial charge in [0.15, 0.2) is 0 Å². The maximum Gasteiger partial charge on any atom is 0.307 e. The number of hydrogen-bond acceptors (Lipinski definition) is 2. The third kappa shape index (κ3) is 2.60. The monoisotopic (exact) mass is 335 g/mol. The summed E-state index contributed by atoms with van der Waals surface area (Å²) >= 11 is 0. The highest BCUT2D eigenvalue weighted by Crippen LogP contribution is 2.57. The number of anilines is 1. The highest BCUT2D eigenvalue weighted by atomic mass is 19.1. The molecule has 1 aromatic rings. The fraction of sp³-hybridized carbons (Fsp3) is 0.444. The Morgan fingerprint density at radius 2 is 1.75 bits per heavy atom. The van der Waals surface area contributed by atoms with E-state index in [-0.39, 0.29) is 17.5 Å². The molecule has 1 amide bonds. The van der Waals surface area contributed by atoms with Gasteiger partial charge in [-0.05, 0) is 50.7 Å². The summed E-state index contributed by atoms with van der Waals surface area (Å²) in [5.74, 6) is -4.84. The van der Waals surface area contributed by atoms with Crippen LogP contribution in [-0.4, -0.2) is 17.0 Å². The van der Waals surface area contributed by atoms with Gasteiger partial charge in [0.25, 0.3) is 0 Å². The summed E-state index contributed by atoms with van der Waals surface area (Å²) in [4.78, 5) is 24.4. The van der Waals surface area contributed by atoms with Crippen molar-refractivity contribution < 1.29 is 23.5 Å². The number of carboxylic acid groups (broad SMARTS) is 1. The Morgan fingerprint density at radius 3 is 2.33 bits per heavy atom. The van der Waals surface area contributed by atoms with Crippen molar-refractivity contribution in [1.82, 2.24) is 0 Å². The number of benzene rings is 1. The average molecular weight is 335 g/mol. The normalized spacial score (nSPS) is 28.1. The summed E-state index contributed by atoms with van der Waals surface area (Å²) in [6, 6.07) is 2.80. The van der Waals surface area contributed by atoms with E-state index in [0.717, 1.165) is 42.2 Å². The van der Waals surface area contributed by atoms with E-state index < -0.39 is 35.3 Å². The fourth-order valence-corrected chi connectivity index (χ4v) is 4.41. The van der Waals surface area contributed by atoms with Crippen LogP contribution in [0.25, 0.3) is 0 Å². The lowest BCUT2D eigenvalue weighted by Crippen LogP contribution is -2.38. The molecule has 0 spiro atoms. The molecule has 0 heterocycles. The van der Waals surface area contributed by atoms with Gasteiger partial charge in [0.2, 0.25) is 5.91 Å². The third-order valence-electron chi connectivity index (χ3n) is 5.19. The van der Waals surface area contributed by atoms with Crippen molar-refractivity contribution in [1.29, 1.82) is 0 Å². The first kappa shape index (κ1) is 16.6. The van der Waals surface area contributed by atoms with Gasteiger partial charge in [0.05, 0.1) is 17.5 Å². The van der Waals surface area contributed by atoms with E-state index in [1.807, 2.05) is 13.8 Å². The lowest BCUT2D eigenvalue weighted by molar-refractivity contribution is -0.148. The van der Waals surface area contributed by atoms with Crippen LogP contribution in [0.3, 0.4) is 0 Å². The van der Waals surface area contributed by atoms with Gasteiger partial charge in [-0.25, -0.2) is 8.78 Å². The zero-order chi connectivity index (χ0) is 17.6. The minimum absolute atomic E-state index is 0.141. The van der Waals surface area contributed by atoms with E-state index in [4.69, 9.17) is 0 Å². The Bertz CT molecular complexity index is 740. The minimum Gasteiger partial charge on any atom is -0.481 e. The Hall–Kier alpha value is -2.24. The largest absolute Gasteiger partial charge is 0.481 e. The quantitative estimate of drug-likeness (QED) is 0.830. The van der Waals surface area contributed by atoms with Gasteiger partial charge in [-0.2, -0.15) is 0 Å². The molecule has 0 saturated heterocycles. The van der Waals surface area contributed by atoms with Crippen LogP contribution in [0.5, 0.6) is 0 Å². The van der Waals surface area contributed by atoms with Crippen molar-refractivity contribution in [2.24, 2.45) is 23.7 Å². The number of halogens is 2. The van der Waals surface area contributed by atoms with Gasteiger partial charge in [-0.3, -0.25) is 9.59 Å². The standard InChI is InChI=1S/C18H19F2NO3/c1-8(2)14-10-4-5-11(14)16(18(23)24)15(10)17(22)21-13-7-9(19)3-6-12(13)20/h3,6-7,10-11,15-16H,4-5H2,1-2H3,(H,21,22)(H,23,24)/t10-,11+,15-,16+/m1/s1. The predicted molar refractivity (Wildman–Crippen MR) is 84.2 cm³/mol.